The summed E-state index contributed by atoms with van der Waals surface area (Å²) >= 11 is 0. The van der Waals surface area contributed by atoms with Crippen molar-refractivity contribution in [3.05, 3.63) is 48.0 Å². The molecule has 1 aliphatic heterocycles. The fraction of sp³-hybridized carbons (Fsp3) is 0.235. The van der Waals surface area contributed by atoms with Crippen LogP contribution in [-0.4, -0.2) is 25.7 Å². The number of nitrogens with two attached hydrogens (primary N) is 1. The molecule has 0 unspecified atom stereocenters. The zero-order valence-electron chi connectivity index (χ0n) is 12.4. The molecule has 0 saturated carbocycles. The van der Waals surface area contributed by atoms with Crippen LogP contribution in [-0.2, 0) is 4.79 Å². The normalized spacial score (nSPS) is 13.5. The lowest BCUT2D eigenvalue weighted by molar-refractivity contribution is -0.121. The molecule has 114 valence electrons. The topological polar surface area (TPSA) is 64.8 Å². The van der Waals surface area contributed by atoms with E-state index in [1.54, 1.807) is 23.1 Å². The maximum absolute atomic E-state index is 12.1. The van der Waals surface area contributed by atoms with Gasteiger partial charge in [-0.2, -0.15) is 0 Å². The van der Waals surface area contributed by atoms with Crippen molar-refractivity contribution in [2.45, 2.75) is 6.92 Å². The highest BCUT2D eigenvalue weighted by atomic mass is 16.5. The number of rotatable bonds is 4. The van der Waals surface area contributed by atoms with Gasteiger partial charge in [0.2, 0.25) is 0 Å². The van der Waals surface area contributed by atoms with Crippen LogP contribution in [0.5, 0.6) is 11.5 Å². The zero-order valence-corrected chi connectivity index (χ0v) is 12.4. The molecule has 0 atom stereocenters. The van der Waals surface area contributed by atoms with Gasteiger partial charge in [0.1, 0.15) is 18.1 Å². The molecule has 22 heavy (non-hydrogen) atoms. The molecule has 2 aromatic carbocycles. The van der Waals surface area contributed by atoms with Crippen LogP contribution in [0, 0.1) is 6.92 Å². The van der Waals surface area contributed by atoms with Crippen molar-refractivity contribution in [2.24, 2.45) is 0 Å². The fourth-order valence-corrected chi connectivity index (χ4v) is 2.43. The Morgan fingerprint density at radius 2 is 2.14 bits per heavy atom. The van der Waals surface area contributed by atoms with Crippen LogP contribution in [0.25, 0.3) is 0 Å². The van der Waals surface area contributed by atoms with Gasteiger partial charge in [-0.3, -0.25) is 4.79 Å². The summed E-state index contributed by atoms with van der Waals surface area (Å²) in [7, 11) is 0. The van der Waals surface area contributed by atoms with E-state index in [4.69, 9.17) is 15.2 Å². The largest absolute Gasteiger partial charge is 0.492 e. The highest BCUT2D eigenvalue weighted by Crippen LogP contribution is 2.33. The van der Waals surface area contributed by atoms with Gasteiger partial charge in [0.05, 0.1) is 12.2 Å². The molecule has 0 saturated heterocycles. The molecule has 0 fully saturated rings. The number of nitrogen functional groups attached to an aromatic ring is 1. The van der Waals surface area contributed by atoms with Gasteiger partial charge in [-0.15, -0.1) is 0 Å². The lowest BCUT2D eigenvalue weighted by Crippen LogP contribution is -2.41. The van der Waals surface area contributed by atoms with Crippen molar-refractivity contribution in [3.8, 4) is 11.5 Å². The maximum atomic E-state index is 12.1. The second-order valence-corrected chi connectivity index (χ2v) is 5.23. The number of anilines is 2. The van der Waals surface area contributed by atoms with Crippen LogP contribution in [0.3, 0.4) is 0 Å². The van der Waals surface area contributed by atoms with Crippen molar-refractivity contribution in [2.75, 3.05) is 30.4 Å². The summed E-state index contributed by atoms with van der Waals surface area (Å²) in [6, 6.07) is 13.1. The third-order valence-corrected chi connectivity index (χ3v) is 3.50. The van der Waals surface area contributed by atoms with Crippen molar-refractivity contribution in [1.29, 1.82) is 0 Å². The monoisotopic (exact) mass is 298 g/mol. The second kappa shape index (κ2) is 5.97. The lowest BCUT2D eigenvalue weighted by atomic mass is 10.2. The van der Waals surface area contributed by atoms with E-state index in [2.05, 4.69) is 0 Å². The predicted molar refractivity (Wildman–Crippen MR) is 85.4 cm³/mol. The Balaban J connectivity index is 1.68. The second-order valence-electron chi connectivity index (χ2n) is 5.23. The molecule has 2 N–H and O–H groups in total. The molecule has 0 spiro atoms. The molecule has 0 radical (unpaired) electrons. The Bertz CT molecular complexity index is 700. The number of benzene rings is 2. The van der Waals surface area contributed by atoms with E-state index in [0.717, 1.165) is 17.0 Å². The molecule has 0 aliphatic carbocycles. The molecule has 1 aliphatic rings. The molecule has 0 aromatic heterocycles. The van der Waals surface area contributed by atoms with Crippen LogP contribution < -0.4 is 20.1 Å². The van der Waals surface area contributed by atoms with Crippen molar-refractivity contribution < 1.29 is 14.3 Å². The van der Waals surface area contributed by atoms with Gasteiger partial charge in [0.15, 0.2) is 6.61 Å². The number of amides is 1. The first-order valence-electron chi connectivity index (χ1n) is 7.15. The molecule has 1 amide bonds. The number of aryl methyl sites for hydroxylation is 1. The minimum absolute atomic E-state index is 0.0287. The van der Waals surface area contributed by atoms with Crippen molar-refractivity contribution >= 4 is 17.3 Å². The van der Waals surface area contributed by atoms with E-state index in [1.807, 2.05) is 31.2 Å². The van der Waals surface area contributed by atoms with E-state index in [9.17, 15) is 4.79 Å². The first-order chi connectivity index (χ1) is 10.6. The van der Waals surface area contributed by atoms with Crippen LogP contribution >= 0.6 is 0 Å². The maximum Gasteiger partial charge on any atom is 0.265 e. The third-order valence-electron chi connectivity index (χ3n) is 3.50. The summed E-state index contributed by atoms with van der Waals surface area (Å²) in [5, 5.41) is 0. The molecular weight excluding hydrogens is 280 g/mol. The number of hydrogen-bond acceptors (Lipinski definition) is 4. The molecular formula is C17H18N2O3. The van der Waals surface area contributed by atoms with E-state index in [1.165, 1.54) is 0 Å². The Labute approximate surface area is 129 Å². The zero-order chi connectivity index (χ0) is 15.5. The van der Waals surface area contributed by atoms with Gasteiger partial charge >= 0.3 is 0 Å². The van der Waals surface area contributed by atoms with Crippen LogP contribution in [0.2, 0.25) is 0 Å². The van der Waals surface area contributed by atoms with Gasteiger partial charge in [-0.05, 0) is 36.8 Å². The predicted octanol–water partition coefficient (Wildman–Crippen LogP) is 2.38. The van der Waals surface area contributed by atoms with Crippen LogP contribution in [0.4, 0.5) is 11.4 Å². The SMILES string of the molecule is Cc1cccc(OCCN2C(=O)COc3cc(N)ccc32)c1. The standard InChI is InChI=1S/C17H18N2O3/c1-12-3-2-4-14(9-12)21-8-7-19-15-6-5-13(18)10-16(15)22-11-17(19)20/h2-6,9-10H,7-8,11,18H2,1H3. The summed E-state index contributed by atoms with van der Waals surface area (Å²) in [6.45, 7) is 2.92. The number of carbonyl (C=O) groups is 1. The van der Waals surface area contributed by atoms with Gasteiger partial charge in [0.25, 0.3) is 5.91 Å². The number of nitrogens with zero attached hydrogens (tertiary/aromatic N) is 1. The smallest absolute Gasteiger partial charge is 0.265 e. The van der Waals surface area contributed by atoms with E-state index < -0.39 is 0 Å². The summed E-state index contributed by atoms with van der Waals surface area (Å²) in [4.78, 5) is 13.7. The average Bonchev–Trinajstić information content (AvgIpc) is 2.49. The van der Waals surface area contributed by atoms with Gasteiger partial charge < -0.3 is 20.1 Å². The highest BCUT2D eigenvalue weighted by molar-refractivity contribution is 5.98. The highest BCUT2D eigenvalue weighted by Gasteiger charge is 2.25. The number of fused-ring (bicyclic) bond motifs is 1. The lowest BCUT2D eigenvalue weighted by Gasteiger charge is -2.29. The van der Waals surface area contributed by atoms with Crippen LogP contribution in [0.15, 0.2) is 42.5 Å². The number of hydrogen-bond donors (Lipinski definition) is 1. The summed E-state index contributed by atoms with van der Waals surface area (Å²) in [5.74, 6) is 1.36. The van der Waals surface area contributed by atoms with Gasteiger partial charge in [-0.25, -0.2) is 0 Å². The molecule has 2 aromatic rings. The number of carbonyl (C=O) groups excluding carboxylic acids is 1. The Hall–Kier alpha value is -2.69. The minimum Gasteiger partial charge on any atom is -0.492 e. The number of ether oxygens (including phenoxy) is 2. The van der Waals surface area contributed by atoms with E-state index in [0.29, 0.717) is 24.6 Å². The first-order valence-corrected chi connectivity index (χ1v) is 7.15. The summed E-state index contributed by atoms with van der Waals surface area (Å²) < 4.78 is 11.1. The minimum atomic E-state index is -0.0786. The Morgan fingerprint density at radius 3 is 2.95 bits per heavy atom. The summed E-state index contributed by atoms with van der Waals surface area (Å²) in [5.41, 5.74) is 8.23. The van der Waals surface area contributed by atoms with Crippen LogP contribution in [0.1, 0.15) is 5.56 Å². The van der Waals surface area contributed by atoms with Crippen molar-refractivity contribution in [1.82, 2.24) is 0 Å². The van der Waals surface area contributed by atoms with E-state index in [-0.39, 0.29) is 12.5 Å². The Kier molecular flexibility index (Phi) is 3.87. The van der Waals surface area contributed by atoms with Crippen molar-refractivity contribution in [3.63, 3.8) is 0 Å². The molecule has 3 rings (SSSR count). The molecule has 5 nitrogen and oxygen atoms in total. The average molecular weight is 298 g/mol. The Morgan fingerprint density at radius 1 is 1.27 bits per heavy atom. The van der Waals surface area contributed by atoms with E-state index >= 15 is 0 Å². The molecule has 1 heterocycles. The molecule has 0 bridgehead atoms. The first kappa shape index (κ1) is 14.3. The third kappa shape index (κ3) is 2.98. The fourth-order valence-electron chi connectivity index (χ4n) is 2.43. The quantitative estimate of drug-likeness (QED) is 0.880. The summed E-state index contributed by atoms with van der Waals surface area (Å²) in [6.07, 6.45) is 0. The molecule has 5 heteroatoms. The van der Waals surface area contributed by atoms with Gasteiger partial charge in [-0.1, -0.05) is 12.1 Å². The van der Waals surface area contributed by atoms with Gasteiger partial charge in [0, 0.05) is 11.8 Å².